The smallest absolute Gasteiger partial charge is 0.0887 e. The lowest BCUT2D eigenvalue weighted by atomic mass is 9.69. The van der Waals surface area contributed by atoms with E-state index in [1.165, 1.54) is 65.7 Å². The van der Waals surface area contributed by atoms with E-state index in [1.54, 1.807) is 0 Å². The Morgan fingerprint density at radius 2 is 1.12 bits per heavy atom. The highest BCUT2D eigenvalue weighted by Gasteiger charge is 2.47. The first-order valence-corrected chi connectivity index (χ1v) is 17.4. The predicted octanol–water partition coefficient (Wildman–Crippen LogP) is 11.0. The quantitative estimate of drug-likeness (QED) is 0.190. The molecule has 3 heterocycles. The van der Waals surface area contributed by atoms with Crippen molar-refractivity contribution >= 4 is 43.4 Å². The van der Waals surface area contributed by atoms with Crippen LogP contribution in [0, 0.1) is 0 Å². The Kier molecular flexibility index (Phi) is 5.84. The summed E-state index contributed by atoms with van der Waals surface area (Å²) in [6.07, 6.45) is 5.75. The Morgan fingerprint density at radius 3 is 1.80 bits per heavy atom. The topological polar surface area (TPSA) is 35.6 Å². The number of para-hydroxylation sites is 1. The van der Waals surface area contributed by atoms with Crippen LogP contribution in [0.25, 0.3) is 65.9 Å². The summed E-state index contributed by atoms with van der Waals surface area (Å²) in [6, 6.07) is 59.8. The fourth-order valence-corrected chi connectivity index (χ4v) is 8.69. The van der Waals surface area contributed by atoms with Crippen molar-refractivity contribution in [2.75, 3.05) is 0 Å². The molecule has 3 aromatic heterocycles. The molecule has 0 N–H and O–H groups in total. The molecule has 0 atom stereocenters. The fourth-order valence-electron chi connectivity index (χ4n) is 8.69. The molecule has 0 spiro atoms. The van der Waals surface area contributed by atoms with Gasteiger partial charge in [-0.1, -0.05) is 91.0 Å². The molecule has 0 amide bonds. The van der Waals surface area contributed by atoms with Gasteiger partial charge in [-0.15, -0.1) is 0 Å². The summed E-state index contributed by atoms with van der Waals surface area (Å²) in [5.74, 6) is 0. The van der Waals surface area contributed by atoms with Crippen molar-refractivity contribution in [3.05, 3.63) is 205 Å². The lowest BCUT2D eigenvalue weighted by Crippen LogP contribution is -2.30. The van der Waals surface area contributed by atoms with Gasteiger partial charge >= 0.3 is 0 Å². The highest BCUT2D eigenvalue weighted by atomic mass is 15.3. The molecule has 1 aliphatic carbocycles. The van der Waals surface area contributed by atoms with Gasteiger partial charge in [0.15, 0.2) is 0 Å². The number of hydrogen-bond donors (Lipinski definition) is 0. The Labute approximate surface area is 294 Å². The Hall–Kier alpha value is -6.78. The molecule has 4 nitrogen and oxygen atoms in total. The number of aromatic nitrogens is 4. The maximum Gasteiger partial charge on any atom is 0.0887 e. The molecular weight excluding hydrogens is 621 g/mol. The molecule has 0 radical (unpaired) electrons. The molecule has 0 aliphatic heterocycles. The van der Waals surface area contributed by atoms with Crippen molar-refractivity contribution in [2.24, 2.45) is 0 Å². The van der Waals surface area contributed by atoms with Crippen molar-refractivity contribution in [3.8, 4) is 22.5 Å². The van der Waals surface area contributed by atoms with Gasteiger partial charge in [0, 0.05) is 35.1 Å². The summed E-state index contributed by atoms with van der Waals surface area (Å²) >= 11 is 0. The fraction of sp³-hybridized carbons (Fsp3) is 0.0213. The monoisotopic (exact) mass is 650 g/mol. The van der Waals surface area contributed by atoms with Gasteiger partial charge in [0.25, 0.3) is 0 Å². The van der Waals surface area contributed by atoms with Gasteiger partial charge < -0.3 is 4.57 Å². The van der Waals surface area contributed by atoms with E-state index in [2.05, 4.69) is 161 Å². The molecule has 238 valence electrons. The molecule has 51 heavy (non-hydrogen) atoms. The lowest BCUT2D eigenvalue weighted by molar-refractivity contribution is 0.735. The van der Waals surface area contributed by atoms with Gasteiger partial charge in [0.1, 0.15) is 0 Å². The highest BCUT2D eigenvalue weighted by Crippen LogP contribution is 2.57. The van der Waals surface area contributed by atoms with Crippen molar-refractivity contribution in [2.45, 2.75) is 5.41 Å². The van der Waals surface area contributed by atoms with Crippen LogP contribution in [0.2, 0.25) is 0 Å². The summed E-state index contributed by atoms with van der Waals surface area (Å²) in [5.41, 5.74) is 11.0. The molecule has 0 unspecified atom stereocenters. The van der Waals surface area contributed by atoms with Crippen LogP contribution in [-0.2, 0) is 5.41 Å². The lowest BCUT2D eigenvalue weighted by Gasteiger charge is -2.33. The Balaban J connectivity index is 1.25. The van der Waals surface area contributed by atoms with Crippen LogP contribution in [0.1, 0.15) is 22.4 Å². The first kappa shape index (κ1) is 28.1. The summed E-state index contributed by atoms with van der Waals surface area (Å²) < 4.78 is 4.33. The van der Waals surface area contributed by atoms with Gasteiger partial charge in [-0.3, -0.25) is 4.98 Å². The van der Waals surface area contributed by atoms with E-state index in [0.29, 0.717) is 0 Å². The van der Waals surface area contributed by atoms with Gasteiger partial charge in [-0.25, -0.2) is 4.68 Å². The van der Waals surface area contributed by atoms with Crippen LogP contribution in [0.3, 0.4) is 0 Å². The molecule has 0 saturated carbocycles. The number of fused-ring (bicyclic) bond motifs is 8. The average Bonchev–Trinajstić information content (AvgIpc) is 3.91. The van der Waals surface area contributed by atoms with E-state index in [1.807, 2.05) is 35.4 Å². The summed E-state index contributed by atoms with van der Waals surface area (Å²) in [4.78, 5) is 5.18. The largest absolute Gasteiger partial charge is 0.309 e. The molecule has 1 aliphatic rings. The molecule has 10 aromatic rings. The van der Waals surface area contributed by atoms with Gasteiger partial charge in [-0.2, -0.15) is 5.10 Å². The molecule has 0 saturated heterocycles. The van der Waals surface area contributed by atoms with Crippen molar-refractivity contribution < 1.29 is 0 Å². The highest BCUT2D eigenvalue weighted by molar-refractivity contribution is 6.10. The van der Waals surface area contributed by atoms with E-state index in [9.17, 15) is 0 Å². The van der Waals surface area contributed by atoms with E-state index in [-0.39, 0.29) is 0 Å². The number of benzene rings is 7. The molecule has 0 fully saturated rings. The van der Waals surface area contributed by atoms with Crippen molar-refractivity contribution in [1.29, 1.82) is 0 Å². The Morgan fingerprint density at radius 1 is 0.451 bits per heavy atom. The van der Waals surface area contributed by atoms with Crippen LogP contribution in [0.5, 0.6) is 0 Å². The number of pyridine rings is 1. The standard InChI is InChI=1S/C47H30N4/c1-3-13-33-27-42-40(25-31(33)11-1)41-26-32-12-2-4-14-34(32)28-43(41)47(42,46-19-7-8-22-48-46)35-15-9-16-37(29-35)51-44-18-6-5-17-38(44)39-21-20-36(30-45(39)51)50-24-10-23-49-50/h1-30H. The zero-order valence-corrected chi connectivity index (χ0v) is 27.6. The average molecular weight is 651 g/mol. The maximum atomic E-state index is 5.18. The van der Waals surface area contributed by atoms with Gasteiger partial charge in [0.2, 0.25) is 0 Å². The van der Waals surface area contributed by atoms with Crippen LogP contribution >= 0.6 is 0 Å². The van der Waals surface area contributed by atoms with E-state index in [4.69, 9.17) is 4.98 Å². The van der Waals surface area contributed by atoms with E-state index >= 15 is 0 Å². The third kappa shape index (κ3) is 3.96. The zero-order valence-electron chi connectivity index (χ0n) is 27.6. The molecule has 7 aromatic carbocycles. The maximum absolute atomic E-state index is 5.18. The molecular formula is C47H30N4. The van der Waals surface area contributed by atoms with Gasteiger partial charge in [-0.05, 0) is 122 Å². The zero-order chi connectivity index (χ0) is 33.5. The summed E-state index contributed by atoms with van der Waals surface area (Å²) in [6.45, 7) is 0. The van der Waals surface area contributed by atoms with Gasteiger partial charge in [0.05, 0.1) is 27.8 Å². The minimum atomic E-state index is -0.658. The molecule has 11 rings (SSSR count). The van der Waals surface area contributed by atoms with E-state index in [0.717, 1.165) is 22.6 Å². The van der Waals surface area contributed by atoms with Crippen molar-refractivity contribution in [1.82, 2.24) is 19.3 Å². The number of rotatable bonds is 4. The first-order chi connectivity index (χ1) is 25.3. The minimum Gasteiger partial charge on any atom is -0.309 e. The van der Waals surface area contributed by atoms with Crippen LogP contribution in [-0.4, -0.2) is 19.3 Å². The summed E-state index contributed by atoms with van der Waals surface area (Å²) in [5, 5.41) is 11.9. The second-order valence-electron chi connectivity index (χ2n) is 13.5. The summed E-state index contributed by atoms with van der Waals surface area (Å²) in [7, 11) is 0. The SMILES string of the molecule is c1ccc(C2(c3cccc(-n4c5ccccc5c5ccc(-n6cccn6)cc54)c3)c3cc4ccccc4cc3-c3cc4ccccc4cc32)nc1. The first-order valence-electron chi connectivity index (χ1n) is 17.4. The number of hydrogen-bond acceptors (Lipinski definition) is 2. The molecule has 0 bridgehead atoms. The van der Waals surface area contributed by atoms with Crippen LogP contribution < -0.4 is 0 Å². The van der Waals surface area contributed by atoms with Crippen molar-refractivity contribution in [3.63, 3.8) is 0 Å². The molecule has 4 heteroatoms. The normalized spacial score (nSPS) is 13.3. The van der Waals surface area contributed by atoms with Crippen LogP contribution in [0.4, 0.5) is 0 Å². The van der Waals surface area contributed by atoms with Crippen LogP contribution in [0.15, 0.2) is 182 Å². The number of nitrogens with zero attached hydrogens (tertiary/aromatic N) is 4. The second kappa shape index (κ2) is 10.6. The third-order valence-corrected chi connectivity index (χ3v) is 10.9. The predicted molar refractivity (Wildman–Crippen MR) is 208 cm³/mol. The Bertz CT molecular complexity index is 2890. The van der Waals surface area contributed by atoms with E-state index < -0.39 is 5.41 Å². The minimum absolute atomic E-state index is 0.658. The third-order valence-electron chi connectivity index (χ3n) is 10.9. The second-order valence-corrected chi connectivity index (χ2v) is 13.5.